The molecule has 0 aliphatic carbocycles. The Hall–Kier alpha value is -3.25. The van der Waals surface area contributed by atoms with Crippen molar-refractivity contribution in [1.29, 1.82) is 0 Å². The summed E-state index contributed by atoms with van der Waals surface area (Å²) in [4.78, 5) is 60.1. The van der Waals surface area contributed by atoms with Crippen LogP contribution >= 0.6 is 24.0 Å². The summed E-state index contributed by atoms with van der Waals surface area (Å²) in [6.07, 6.45) is 3.61. The summed E-state index contributed by atoms with van der Waals surface area (Å²) >= 11 is 6.57. The minimum Gasteiger partial charge on any atom is -0.466 e. The third kappa shape index (κ3) is 4.87. The monoisotopic (exact) mass is 529 g/mol. The Kier molecular flexibility index (Phi) is 7.74. The standard InChI is InChI=1S/C24H27N5O5S2/c1-4-14(3)29-23(33)17(36-24(29)35)12-15-20(26-18-8-6-7-10-28(18)22(15)32)27-11-9-25-21(31)16(27)13-19(30)34-5-2/h6-8,10,12,14,16H,4-5,9,11,13H2,1-3H3,(H,25,31)/b17-12+. The van der Waals surface area contributed by atoms with Crippen molar-refractivity contribution in [2.75, 3.05) is 24.6 Å². The smallest absolute Gasteiger partial charge is 0.308 e. The predicted molar refractivity (Wildman–Crippen MR) is 142 cm³/mol. The van der Waals surface area contributed by atoms with Gasteiger partial charge in [-0.15, -0.1) is 0 Å². The van der Waals surface area contributed by atoms with Crippen LogP contribution in [0.25, 0.3) is 11.7 Å². The van der Waals surface area contributed by atoms with Crippen LogP contribution in [0.5, 0.6) is 0 Å². The van der Waals surface area contributed by atoms with Gasteiger partial charge in [0.1, 0.15) is 21.8 Å². The number of fused-ring (bicyclic) bond motifs is 1. The van der Waals surface area contributed by atoms with Crippen LogP contribution in [0.2, 0.25) is 0 Å². The zero-order chi connectivity index (χ0) is 26.0. The van der Waals surface area contributed by atoms with Crippen molar-refractivity contribution < 1.29 is 19.1 Å². The van der Waals surface area contributed by atoms with E-state index in [1.165, 1.54) is 10.5 Å². The first kappa shape index (κ1) is 25.8. The van der Waals surface area contributed by atoms with Gasteiger partial charge in [0.15, 0.2) is 0 Å². The molecule has 2 fully saturated rings. The molecule has 0 bridgehead atoms. The summed E-state index contributed by atoms with van der Waals surface area (Å²) in [5.74, 6) is -0.942. The third-order valence-electron chi connectivity index (χ3n) is 6.15. The molecular formula is C24H27N5O5S2. The minimum absolute atomic E-state index is 0.0848. The molecule has 0 spiro atoms. The molecule has 36 heavy (non-hydrogen) atoms. The van der Waals surface area contributed by atoms with Gasteiger partial charge in [-0.05, 0) is 38.5 Å². The lowest BCUT2D eigenvalue weighted by atomic mass is 10.1. The molecule has 2 aromatic rings. The lowest BCUT2D eigenvalue weighted by Crippen LogP contribution is -2.57. The lowest BCUT2D eigenvalue weighted by molar-refractivity contribution is -0.145. The highest BCUT2D eigenvalue weighted by Crippen LogP contribution is 2.35. The molecule has 190 valence electrons. The Labute approximate surface area is 217 Å². The number of nitrogens with one attached hydrogen (secondary N) is 1. The SMILES string of the molecule is CCOC(=O)CC1C(=O)NCCN1c1nc2ccccn2c(=O)c1/C=C1/SC(=S)N(C(C)CC)C1=O. The molecule has 1 N–H and O–H groups in total. The van der Waals surface area contributed by atoms with Crippen LogP contribution in [0.1, 0.15) is 39.2 Å². The molecule has 10 nitrogen and oxygen atoms in total. The van der Waals surface area contributed by atoms with Crippen molar-refractivity contribution in [3.63, 3.8) is 0 Å². The van der Waals surface area contributed by atoms with Crippen molar-refractivity contribution in [3.8, 4) is 0 Å². The average molecular weight is 530 g/mol. The largest absolute Gasteiger partial charge is 0.466 e. The molecular weight excluding hydrogens is 502 g/mol. The van der Waals surface area contributed by atoms with E-state index in [0.717, 1.165) is 18.2 Å². The number of thioether (sulfide) groups is 1. The Morgan fingerprint density at radius 3 is 2.83 bits per heavy atom. The maximum atomic E-state index is 13.6. The first-order valence-electron chi connectivity index (χ1n) is 11.7. The number of amides is 2. The van der Waals surface area contributed by atoms with Gasteiger partial charge in [0, 0.05) is 25.3 Å². The maximum absolute atomic E-state index is 13.6. The number of nitrogens with zero attached hydrogens (tertiary/aromatic N) is 4. The van der Waals surface area contributed by atoms with Gasteiger partial charge in [-0.1, -0.05) is 37.0 Å². The van der Waals surface area contributed by atoms with Crippen LogP contribution in [-0.2, 0) is 19.1 Å². The van der Waals surface area contributed by atoms with Crippen LogP contribution in [0.15, 0.2) is 34.1 Å². The number of aromatic nitrogens is 2. The number of esters is 1. The molecule has 2 amide bonds. The van der Waals surface area contributed by atoms with Crippen molar-refractivity contribution >= 4 is 63.6 Å². The quantitative estimate of drug-likeness (QED) is 0.327. The number of thiocarbonyl (C=S) groups is 1. The average Bonchev–Trinajstić information content (AvgIpc) is 3.14. The molecule has 0 radical (unpaired) electrons. The summed E-state index contributed by atoms with van der Waals surface area (Å²) < 4.78 is 6.88. The molecule has 2 aliphatic rings. The molecule has 4 rings (SSSR count). The van der Waals surface area contributed by atoms with E-state index in [1.807, 2.05) is 13.8 Å². The van der Waals surface area contributed by atoms with E-state index in [0.29, 0.717) is 28.0 Å². The zero-order valence-electron chi connectivity index (χ0n) is 20.2. The number of hydrogen-bond acceptors (Lipinski definition) is 9. The highest BCUT2D eigenvalue weighted by atomic mass is 32.2. The predicted octanol–water partition coefficient (Wildman–Crippen LogP) is 1.95. The van der Waals surface area contributed by atoms with E-state index in [9.17, 15) is 19.2 Å². The fraction of sp³-hybridized carbons (Fsp3) is 0.417. The summed E-state index contributed by atoms with van der Waals surface area (Å²) in [6, 6.07) is 4.14. The summed E-state index contributed by atoms with van der Waals surface area (Å²) in [5, 5.41) is 2.76. The van der Waals surface area contributed by atoms with Gasteiger partial charge in [0.05, 0.1) is 23.5 Å². The molecule has 12 heteroatoms. The van der Waals surface area contributed by atoms with Crippen molar-refractivity contribution in [1.82, 2.24) is 19.6 Å². The number of carbonyl (C=O) groups excluding carboxylic acids is 3. The van der Waals surface area contributed by atoms with Gasteiger partial charge >= 0.3 is 5.97 Å². The second kappa shape index (κ2) is 10.8. The highest BCUT2D eigenvalue weighted by molar-refractivity contribution is 8.26. The van der Waals surface area contributed by atoms with Crippen molar-refractivity contribution in [2.24, 2.45) is 0 Å². The number of hydrogen-bond donors (Lipinski definition) is 1. The number of piperazine rings is 1. The molecule has 2 unspecified atom stereocenters. The normalized spacial score (nSPS) is 20.2. The molecule has 2 atom stereocenters. The fourth-order valence-corrected chi connectivity index (χ4v) is 5.60. The number of anilines is 1. The number of ether oxygens (including phenoxy) is 1. The molecule has 0 aromatic carbocycles. The second-order valence-electron chi connectivity index (χ2n) is 8.40. The number of pyridine rings is 1. The van der Waals surface area contributed by atoms with E-state index in [4.69, 9.17) is 21.9 Å². The third-order valence-corrected chi connectivity index (χ3v) is 7.48. The van der Waals surface area contributed by atoms with Crippen molar-refractivity contribution in [3.05, 3.63) is 45.2 Å². The van der Waals surface area contributed by atoms with Gasteiger partial charge in [-0.25, -0.2) is 4.98 Å². The van der Waals surface area contributed by atoms with Crippen LogP contribution in [0.4, 0.5) is 5.82 Å². The molecule has 2 aromatic heterocycles. The highest BCUT2D eigenvalue weighted by Gasteiger charge is 2.37. The van der Waals surface area contributed by atoms with Gasteiger partial charge in [-0.2, -0.15) is 0 Å². The molecule has 4 heterocycles. The number of carbonyl (C=O) groups is 3. The van der Waals surface area contributed by atoms with E-state index >= 15 is 0 Å². The first-order chi connectivity index (χ1) is 17.3. The van der Waals surface area contributed by atoms with Gasteiger partial charge in [0.2, 0.25) is 5.91 Å². The fourth-order valence-electron chi connectivity index (χ4n) is 4.16. The Balaban J connectivity index is 1.86. The van der Waals surface area contributed by atoms with E-state index in [1.54, 1.807) is 41.1 Å². The lowest BCUT2D eigenvalue weighted by Gasteiger charge is -2.36. The van der Waals surface area contributed by atoms with E-state index in [2.05, 4.69) is 5.32 Å². The van der Waals surface area contributed by atoms with E-state index in [-0.39, 0.29) is 42.3 Å². The molecule has 0 saturated carbocycles. The van der Waals surface area contributed by atoms with Crippen LogP contribution in [-0.4, -0.2) is 68.2 Å². The summed E-state index contributed by atoms with van der Waals surface area (Å²) in [5.41, 5.74) is 0.125. The summed E-state index contributed by atoms with van der Waals surface area (Å²) in [7, 11) is 0. The molecule has 2 saturated heterocycles. The number of rotatable bonds is 7. The molecule has 2 aliphatic heterocycles. The zero-order valence-corrected chi connectivity index (χ0v) is 21.9. The topological polar surface area (TPSA) is 113 Å². The summed E-state index contributed by atoms with van der Waals surface area (Å²) in [6.45, 7) is 6.39. The van der Waals surface area contributed by atoms with E-state index < -0.39 is 17.6 Å². The van der Waals surface area contributed by atoms with Crippen LogP contribution < -0.4 is 15.8 Å². The minimum atomic E-state index is -0.919. The van der Waals surface area contributed by atoms with Crippen LogP contribution in [0.3, 0.4) is 0 Å². The maximum Gasteiger partial charge on any atom is 0.308 e. The second-order valence-corrected chi connectivity index (χ2v) is 10.1. The Morgan fingerprint density at radius 1 is 1.33 bits per heavy atom. The Bertz CT molecular complexity index is 1320. The van der Waals surface area contributed by atoms with Gasteiger partial charge < -0.3 is 15.0 Å². The van der Waals surface area contributed by atoms with Gasteiger partial charge in [0.25, 0.3) is 11.5 Å². The first-order valence-corrected chi connectivity index (χ1v) is 13.0. The van der Waals surface area contributed by atoms with Gasteiger partial charge in [-0.3, -0.25) is 28.5 Å². The van der Waals surface area contributed by atoms with Crippen molar-refractivity contribution in [2.45, 2.75) is 45.7 Å². The Morgan fingerprint density at radius 2 is 2.11 bits per heavy atom. The van der Waals surface area contributed by atoms with Crippen LogP contribution in [0, 0.1) is 0 Å².